The minimum Gasteiger partial charge on any atom is -0.593 e. The smallest absolute Gasteiger partial charge is 0.593 e. The van der Waals surface area contributed by atoms with E-state index in [9.17, 15) is 0 Å². The third-order valence-electron chi connectivity index (χ3n) is 2.77. The van der Waals surface area contributed by atoms with Crippen LogP contribution >= 0.6 is 0 Å². The molecular weight excluding hydrogens is 380 g/mol. The van der Waals surface area contributed by atoms with E-state index in [-0.39, 0.29) is 21.7 Å². The summed E-state index contributed by atoms with van der Waals surface area (Å²) in [6, 6.07) is 14.9. The van der Waals surface area contributed by atoms with E-state index in [4.69, 9.17) is 20.4 Å². The van der Waals surface area contributed by atoms with Crippen LogP contribution in [-0.4, -0.2) is 61.8 Å². The standard InChI is InChI=1S/2C8H11NO.2C2H6O.Ti/c2*1-9(2)7-3-5-8(10)6-4-7;2*1-2-3;/h2*3-6,10H,1-2H3;2*3H,2H2,1H3;/q;;;;+4/p+4. The first-order valence-corrected chi connectivity index (χ1v) is 8.50. The quantitative estimate of drug-likeness (QED) is 0.549. The molecular formula is C20H38N2O4Ti+8. The largest absolute Gasteiger partial charge is 4.00 e. The number of rotatable bonds is 2. The Labute approximate surface area is 178 Å². The van der Waals surface area contributed by atoms with Gasteiger partial charge in [-0.15, -0.1) is 0 Å². The van der Waals surface area contributed by atoms with Gasteiger partial charge >= 0.3 is 21.7 Å². The van der Waals surface area contributed by atoms with Crippen LogP contribution in [0.2, 0.25) is 0 Å². The van der Waals surface area contributed by atoms with E-state index < -0.39 is 0 Å². The zero-order valence-electron chi connectivity index (χ0n) is 17.4. The molecule has 0 spiro atoms. The maximum Gasteiger partial charge on any atom is 4.00 e. The fourth-order valence-electron chi connectivity index (χ4n) is 1.52. The molecule has 0 aliphatic rings. The van der Waals surface area contributed by atoms with Gasteiger partial charge in [0.2, 0.25) is 0 Å². The molecule has 0 unspecified atom stereocenters. The van der Waals surface area contributed by atoms with Gasteiger partial charge in [-0.25, -0.2) is 0 Å². The summed E-state index contributed by atoms with van der Waals surface area (Å²) in [4.78, 5) is 4.03. The molecule has 7 heteroatoms. The van der Waals surface area contributed by atoms with E-state index in [1.807, 2.05) is 62.3 Å². The first-order valence-electron chi connectivity index (χ1n) is 8.50. The topological polar surface area (TPSA) is 98.1 Å². The molecule has 6 nitrogen and oxygen atoms in total. The fraction of sp³-hybridized carbons (Fsp3) is 0.400. The zero-order chi connectivity index (χ0) is 20.5. The van der Waals surface area contributed by atoms with Crippen LogP contribution in [0.3, 0.4) is 0 Å². The van der Waals surface area contributed by atoms with Crippen molar-refractivity contribution in [3.8, 4) is 11.5 Å². The van der Waals surface area contributed by atoms with Crippen molar-refractivity contribution in [1.29, 1.82) is 0 Å². The number of hydrogen-bond donors (Lipinski definition) is 0. The molecule has 2 rings (SSSR count). The van der Waals surface area contributed by atoms with Gasteiger partial charge in [0, 0.05) is 77.7 Å². The molecule has 0 aromatic heterocycles. The van der Waals surface area contributed by atoms with Gasteiger partial charge in [-0.05, 0) is 24.3 Å². The average Bonchev–Trinajstić information content (AvgIpc) is 2.58. The molecule has 0 heterocycles. The van der Waals surface area contributed by atoms with Crippen molar-refractivity contribution in [2.24, 2.45) is 0 Å². The first kappa shape index (κ1) is 30.0. The van der Waals surface area contributed by atoms with Gasteiger partial charge in [-0.1, -0.05) is 0 Å². The number of hydrogen-bond acceptors (Lipinski definition) is 2. The van der Waals surface area contributed by atoms with E-state index in [1.54, 1.807) is 38.1 Å². The molecule has 0 saturated carbocycles. The molecule has 27 heavy (non-hydrogen) atoms. The van der Waals surface area contributed by atoms with Crippen molar-refractivity contribution >= 4 is 11.4 Å². The zero-order valence-corrected chi connectivity index (χ0v) is 19.0. The van der Waals surface area contributed by atoms with Gasteiger partial charge in [0.15, 0.2) is 0 Å². The Morgan fingerprint density at radius 1 is 0.593 bits per heavy atom. The molecule has 0 saturated heterocycles. The van der Waals surface area contributed by atoms with Crippen molar-refractivity contribution in [2.75, 3.05) is 51.2 Å². The van der Waals surface area contributed by atoms with Crippen molar-refractivity contribution < 1.29 is 42.1 Å². The van der Waals surface area contributed by atoms with E-state index in [1.165, 1.54) is 0 Å². The van der Waals surface area contributed by atoms with Gasteiger partial charge < -0.3 is 30.2 Å². The molecule has 8 N–H and O–H groups in total. The van der Waals surface area contributed by atoms with Gasteiger partial charge in [0.1, 0.15) is 13.2 Å². The molecule has 0 aliphatic carbocycles. The van der Waals surface area contributed by atoms with Gasteiger partial charge in [0.25, 0.3) is 11.5 Å². The van der Waals surface area contributed by atoms with Crippen LogP contribution in [0.4, 0.5) is 11.4 Å². The summed E-state index contributed by atoms with van der Waals surface area (Å²) in [5, 5.41) is 26.8. The summed E-state index contributed by atoms with van der Waals surface area (Å²) < 4.78 is 0. The molecule has 0 amide bonds. The molecule has 2 aromatic rings. The van der Waals surface area contributed by atoms with Gasteiger partial charge in [0.05, 0.1) is 0 Å². The third kappa shape index (κ3) is 17.4. The summed E-state index contributed by atoms with van der Waals surface area (Å²) in [7, 11) is 7.94. The molecule has 148 valence electrons. The van der Waals surface area contributed by atoms with Crippen LogP contribution in [0.25, 0.3) is 0 Å². The average molecular weight is 418 g/mol. The van der Waals surface area contributed by atoms with Crippen LogP contribution in [0.5, 0.6) is 11.5 Å². The Balaban J connectivity index is -0.000000322. The third-order valence-corrected chi connectivity index (χ3v) is 2.77. The Morgan fingerprint density at radius 2 is 0.778 bits per heavy atom. The van der Waals surface area contributed by atoms with Gasteiger partial charge in [-0.2, -0.15) is 0 Å². The van der Waals surface area contributed by atoms with E-state index in [0.717, 1.165) is 11.4 Å². The van der Waals surface area contributed by atoms with Crippen molar-refractivity contribution in [3.63, 3.8) is 0 Å². The number of benzene rings is 2. The van der Waals surface area contributed by atoms with Crippen LogP contribution in [0, 0.1) is 0 Å². The Bertz CT molecular complexity index is 495. The molecule has 0 atom stereocenters. The fourth-order valence-corrected chi connectivity index (χ4v) is 1.52. The second kappa shape index (κ2) is 19.0. The monoisotopic (exact) mass is 418 g/mol. The van der Waals surface area contributed by atoms with Crippen LogP contribution in [-0.2, 0) is 21.7 Å². The Hall–Kier alpha value is -1.73. The predicted octanol–water partition coefficient (Wildman–Crippen LogP) is 1.84. The number of nitrogens with zero attached hydrogens (tertiary/aromatic N) is 2. The Kier molecular flexibility index (Phi) is 21.2. The summed E-state index contributed by atoms with van der Waals surface area (Å²) in [6.45, 7) is 4.58. The Morgan fingerprint density at radius 3 is 0.926 bits per heavy atom. The summed E-state index contributed by atoms with van der Waals surface area (Å²) in [5.41, 5.74) is 2.27. The SMILES string of the molecule is CC[OH2+].CC[OH2+].CN(C)c1ccc([OH2+])cc1.CN(C)c1ccc([OH2+])cc1.[Ti+4]. The van der Waals surface area contributed by atoms with E-state index in [0.29, 0.717) is 24.7 Å². The maximum atomic E-state index is 7.21. The van der Waals surface area contributed by atoms with Crippen LogP contribution in [0.1, 0.15) is 13.8 Å². The molecule has 0 fully saturated rings. The second-order valence-corrected chi connectivity index (χ2v) is 5.59. The predicted molar refractivity (Wildman–Crippen MR) is 116 cm³/mol. The summed E-state index contributed by atoms with van der Waals surface area (Å²) >= 11 is 0. The molecule has 0 radical (unpaired) electrons. The van der Waals surface area contributed by atoms with Crippen molar-refractivity contribution in [1.82, 2.24) is 0 Å². The van der Waals surface area contributed by atoms with Crippen molar-refractivity contribution in [2.45, 2.75) is 13.8 Å². The summed E-state index contributed by atoms with van der Waals surface area (Å²) in [6.07, 6.45) is 0. The van der Waals surface area contributed by atoms with E-state index in [2.05, 4.69) is 0 Å². The molecule has 0 aliphatic heterocycles. The van der Waals surface area contributed by atoms with E-state index >= 15 is 0 Å². The normalized spacial score (nSPS) is 8.30. The van der Waals surface area contributed by atoms with Crippen LogP contribution in [0.15, 0.2) is 48.5 Å². The number of anilines is 2. The van der Waals surface area contributed by atoms with Gasteiger partial charge in [-0.3, -0.25) is 0 Å². The second-order valence-electron chi connectivity index (χ2n) is 5.59. The minimum atomic E-state index is 0. The maximum absolute atomic E-state index is 7.21. The first-order chi connectivity index (χ1) is 12.2. The molecule has 0 bridgehead atoms. The molecule has 2 aromatic carbocycles. The van der Waals surface area contributed by atoms with Crippen molar-refractivity contribution in [3.05, 3.63) is 48.5 Å². The summed E-state index contributed by atoms with van der Waals surface area (Å²) in [5.74, 6) is 1.12. The minimum absolute atomic E-state index is 0. The van der Waals surface area contributed by atoms with Crippen LogP contribution < -0.4 is 9.80 Å².